The van der Waals surface area contributed by atoms with E-state index in [9.17, 15) is 4.79 Å². The van der Waals surface area contributed by atoms with Gasteiger partial charge in [-0.3, -0.25) is 9.78 Å². The second kappa shape index (κ2) is 9.41. The maximum absolute atomic E-state index is 12.4. The second-order valence-electron chi connectivity index (χ2n) is 6.93. The van der Waals surface area contributed by atoms with E-state index in [0.29, 0.717) is 30.4 Å². The molecule has 1 atom stereocenters. The molecule has 1 aliphatic heterocycles. The molecule has 156 valence electrons. The van der Waals surface area contributed by atoms with Gasteiger partial charge in [-0.25, -0.2) is 0 Å². The SMILES string of the molecule is COc1cc(CNC(=O)c2cc(-c3cccnc3)on2)ccc1OC[C@@H]1CCCO1. The number of ether oxygens (including phenoxy) is 3. The molecule has 1 amide bonds. The van der Waals surface area contributed by atoms with Crippen molar-refractivity contribution in [3.63, 3.8) is 0 Å². The summed E-state index contributed by atoms with van der Waals surface area (Å²) in [6, 6.07) is 10.8. The molecule has 0 saturated carbocycles. The van der Waals surface area contributed by atoms with Crippen LogP contribution < -0.4 is 14.8 Å². The molecule has 1 aliphatic rings. The molecule has 0 unspecified atom stereocenters. The maximum Gasteiger partial charge on any atom is 0.273 e. The number of hydrogen-bond acceptors (Lipinski definition) is 7. The fourth-order valence-corrected chi connectivity index (χ4v) is 3.20. The Morgan fingerprint density at radius 3 is 2.97 bits per heavy atom. The van der Waals surface area contributed by atoms with Gasteiger partial charge in [0.15, 0.2) is 23.0 Å². The molecule has 0 radical (unpaired) electrons. The Bertz CT molecular complexity index is 983. The van der Waals surface area contributed by atoms with E-state index in [2.05, 4.69) is 15.5 Å². The molecule has 8 nitrogen and oxygen atoms in total. The minimum atomic E-state index is -0.327. The van der Waals surface area contributed by atoms with Crippen molar-refractivity contribution in [2.75, 3.05) is 20.3 Å². The van der Waals surface area contributed by atoms with E-state index in [4.69, 9.17) is 18.7 Å². The van der Waals surface area contributed by atoms with Gasteiger partial charge in [0.25, 0.3) is 5.91 Å². The highest BCUT2D eigenvalue weighted by Gasteiger charge is 2.18. The van der Waals surface area contributed by atoms with Crippen LogP contribution in [0.15, 0.2) is 53.3 Å². The molecule has 1 N–H and O–H groups in total. The summed E-state index contributed by atoms with van der Waals surface area (Å²) in [5.41, 5.74) is 1.84. The minimum absolute atomic E-state index is 0.132. The highest BCUT2D eigenvalue weighted by molar-refractivity contribution is 5.93. The van der Waals surface area contributed by atoms with Gasteiger partial charge >= 0.3 is 0 Å². The number of amides is 1. The molecule has 1 aromatic carbocycles. The van der Waals surface area contributed by atoms with E-state index >= 15 is 0 Å². The van der Waals surface area contributed by atoms with E-state index < -0.39 is 0 Å². The van der Waals surface area contributed by atoms with Crippen LogP contribution in [-0.2, 0) is 11.3 Å². The third-order valence-corrected chi connectivity index (χ3v) is 4.82. The lowest BCUT2D eigenvalue weighted by molar-refractivity contribution is 0.0669. The zero-order chi connectivity index (χ0) is 20.8. The molecule has 0 aliphatic carbocycles. The van der Waals surface area contributed by atoms with Crippen molar-refractivity contribution in [1.29, 1.82) is 0 Å². The summed E-state index contributed by atoms with van der Waals surface area (Å²) in [6.45, 7) is 1.60. The first kappa shape index (κ1) is 19.9. The summed E-state index contributed by atoms with van der Waals surface area (Å²) < 4.78 is 22.1. The lowest BCUT2D eigenvalue weighted by Crippen LogP contribution is -2.23. The second-order valence-corrected chi connectivity index (χ2v) is 6.93. The quantitative estimate of drug-likeness (QED) is 0.610. The summed E-state index contributed by atoms with van der Waals surface area (Å²) >= 11 is 0. The zero-order valence-electron chi connectivity index (χ0n) is 16.7. The lowest BCUT2D eigenvalue weighted by atomic mass is 10.2. The predicted octanol–water partition coefficient (Wildman–Crippen LogP) is 3.23. The molecule has 3 aromatic rings. The number of nitrogens with zero attached hydrogens (tertiary/aromatic N) is 2. The number of aromatic nitrogens is 2. The molecule has 3 heterocycles. The largest absolute Gasteiger partial charge is 0.493 e. The number of hydrogen-bond donors (Lipinski definition) is 1. The molecule has 8 heteroatoms. The van der Waals surface area contributed by atoms with Crippen LogP contribution in [0, 0.1) is 0 Å². The average Bonchev–Trinajstić information content (AvgIpc) is 3.49. The molecule has 2 aromatic heterocycles. The number of carbonyl (C=O) groups excluding carboxylic acids is 1. The lowest BCUT2D eigenvalue weighted by Gasteiger charge is -2.15. The Kier molecular flexibility index (Phi) is 6.24. The van der Waals surface area contributed by atoms with Gasteiger partial charge < -0.3 is 24.1 Å². The van der Waals surface area contributed by atoms with E-state index in [1.54, 1.807) is 31.6 Å². The standard InChI is InChI=1S/C22H23N3O5/c1-27-21-10-15(6-7-19(21)29-14-17-5-3-9-28-17)12-24-22(26)18-11-20(30-25-18)16-4-2-8-23-13-16/h2,4,6-8,10-11,13,17H,3,5,9,12,14H2,1H3,(H,24,26)/t17-/m0/s1. The minimum Gasteiger partial charge on any atom is -0.493 e. The summed E-state index contributed by atoms with van der Waals surface area (Å²) in [4.78, 5) is 16.4. The van der Waals surface area contributed by atoms with Crippen LogP contribution in [0.5, 0.6) is 11.5 Å². The van der Waals surface area contributed by atoms with Crippen molar-refractivity contribution in [2.45, 2.75) is 25.5 Å². The van der Waals surface area contributed by atoms with Crippen molar-refractivity contribution in [2.24, 2.45) is 0 Å². The van der Waals surface area contributed by atoms with Crippen LogP contribution in [0.1, 0.15) is 28.9 Å². The Labute approximate surface area is 174 Å². The molecule has 0 bridgehead atoms. The highest BCUT2D eigenvalue weighted by atomic mass is 16.5. The van der Waals surface area contributed by atoms with Crippen LogP contribution in [0.3, 0.4) is 0 Å². The number of rotatable bonds is 8. The van der Waals surface area contributed by atoms with Crippen molar-refractivity contribution >= 4 is 5.91 Å². The Balaban J connectivity index is 1.35. The fraction of sp³-hybridized carbons (Fsp3) is 0.318. The van der Waals surface area contributed by atoms with Gasteiger partial charge in [-0.1, -0.05) is 11.2 Å². The molecular weight excluding hydrogens is 386 g/mol. The van der Waals surface area contributed by atoms with Gasteiger partial charge in [0, 0.05) is 37.2 Å². The van der Waals surface area contributed by atoms with Gasteiger partial charge in [-0.2, -0.15) is 0 Å². The molecule has 1 saturated heterocycles. The van der Waals surface area contributed by atoms with Gasteiger partial charge in [-0.05, 0) is 42.7 Å². The first-order valence-corrected chi connectivity index (χ1v) is 9.79. The Morgan fingerprint density at radius 2 is 2.20 bits per heavy atom. The molecule has 4 rings (SSSR count). The number of carbonyl (C=O) groups is 1. The third-order valence-electron chi connectivity index (χ3n) is 4.82. The summed E-state index contributed by atoms with van der Waals surface area (Å²) in [6.07, 6.45) is 5.53. The Morgan fingerprint density at radius 1 is 1.27 bits per heavy atom. The van der Waals surface area contributed by atoms with Crippen LogP contribution >= 0.6 is 0 Å². The molecular formula is C22H23N3O5. The first-order valence-electron chi connectivity index (χ1n) is 9.79. The van der Waals surface area contributed by atoms with Crippen molar-refractivity contribution in [3.8, 4) is 22.8 Å². The van der Waals surface area contributed by atoms with Crippen molar-refractivity contribution in [3.05, 3.63) is 60.0 Å². The maximum atomic E-state index is 12.4. The average molecular weight is 409 g/mol. The van der Waals surface area contributed by atoms with Crippen LogP contribution in [-0.4, -0.2) is 42.5 Å². The van der Waals surface area contributed by atoms with Gasteiger partial charge in [0.1, 0.15) is 6.61 Å². The summed E-state index contributed by atoms with van der Waals surface area (Å²) in [5, 5.41) is 6.68. The van der Waals surface area contributed by atoms with E-state index in [1.807, 2.05) is 24.3 Å². The topological polar surface area (TPSA) is 95.7 Å². The summed E-state index contributed by atoms with van der Waals surface area (Å²) in [5.74, 6) is 1.43. The van der Waals surface area contributed by atoms with E-state index in [0.717, 1.165) is 30.6 Å². The number of nitrogens with one attached hydrogen (secondary N) is 1. The van der Waals surface area contributed by atoms with Gasteiger partial charge in [0.05, 0.1) is 13.2 Å². The highest BCUT2D eigenvalue weighted by Crippen LogP contribution is 2.29. The zero-order valence-corrected chi connectivity index (χ0v) is 16.7. The predicted molar refractivity (Wildman–Crippen MR) is 108 cm³/mol. The fourth-order valence-electron chi connectivity index (χ4n) is 3.20. The summed E-state index contributed by atoms with van der Waals surface area (Å²) in [7, 11) is 1.59. The van der Waals surface area contributed by atoms with E-state index in [1.165, 1.54) is 0 Å². The first-order chi connectivity index (χ1) is 14.7. The monoisotopic (exact) mass is 409 g/mol. The van der Waals surface area contributed by atoms with Crippen molar-refractivity contribution < 1.29 is 23.5 Å². The van der Waals surface area contributed by atoms with Crippen molar-refractivity contribution in [1.82, 2.24) is 15.5 Å². The smallest absolute Gasteiger partial charge is 0.273 e. The molecule has 0 spiro atoms. The number of methoxy groups -OCH3 is 1. The van der Waals surface area contributed by atoms with E-state index in [-0.39, 0.29) is 17.7 Å². The number of pyridine rings is 1. The third kappa shape index (κ3) is 4.77. The van der Waals surface area contributed by atoms with Crippen LogP contribution in [0.25, 0.3) is 11.3 Å². The van der Waals surface area contributed by atoms with Gasteiger partial charge in [-0.15, -0.1) is 0 Å². The normalized spacial score (nSPS) is 15.7. The van der Waals surface area contributed by atoms with Crippen LogP contribution in [0.4, 0.5) is 0 Å². The molecule has 30 heavy (non-hydrogen) atoms. The number of benzene rings is 1. The van der Waals surface area contributed by atoms with Crippen LogP contribution in [0.2, 0.25) is 0 Å². The van der Waals surface area contributed by atoms with Gasteiger partial charge in [0.2, 0.25) is 0 Å². The Hall–Kier alpha value is -3.39. The molecule has 1 fully saturated rings.